The zero-order chi connectivity index (χ0) is 17.5. The molecule has 6 nitrogen and oxygen atoms in total. The highest BCUT2D eigenvalue weighted by molar-refractivity contribution is 8.14. The lowest BCUT2D eigenvalue weighted by atomic mass is 10.0. The molecule has 0 radical (unpaired) electrons. The number of carbonyl (C=O) groups excluding carboxylic acids is 2. The van der Waals surface area contributed by atoms with Crippen LogP contribution in [0.25, 0.3) is 0 Å². The first-order valence-electron chi connectivity index (χ1n) is 7.87. The van der Waals surface area contributed by atoms with E-state index >= 15 is 0 Å². The summed E-state index contributed by atoms with van der Waals surface area (Å²) in [5.41, 5.74) is 1.37. The zero-order valence-electron chi connectivity index (χ0n) is 14.0. The minimum atomic E-state index is -0.235. The molecule has 0 saturated carbocycles. The number of anilines is 1. The van der Waals surface area contributed by atoms with Gasteiger partial charge in [0.15, 0.2) is 5.17 Å². The highest BCUT2D eigenvalue weighted by atomic mass is 32.2. The van der Waals surface area contributed by atoms with Gasteiger partial charge in [-0.25, -0.2) is 4.99 Å². The second kappa shape index (κ2) is 8.63. The molecule has 24 heavy (non-hydrogen) atoms. The van der Waals surface area contributed by atoms with Crippen LogP contribution >= 0.6 is 11.8 Å². The normalized spacial score (nSPS) is 17.1. The van der Waals surface area contributed by atoms with Crippen molar-refractivity contribution in [1.29, 1.82) is 0 Å². The van der Waals surface area contributed by atoms with Crippen LogP contribution in [0.3, 0.4) is 0 Å². The molecule has 1 atom stereocenters. The molecule has 128 valence electrons. The maximum absolute atomic E-state index is 12.1. The van der Waals surface area contributed by atoms with Gasteiger partial charge in [0.05, 0.1) is 24.0 Å². The lowest BCUT2D eigenvalue weighted by Crippen LogP contribution is -2.26. The Labute approximate surface area is 145 Å². The molecule has 1 unspecified atom stereocenters. The molecule has 1 aromatic rings. The van der Waals surface area contributed by atoms with Crippen molar-refractivity contribution in [2.24, 2.45) is 15.9 Å². The lowest BCUT2D eigenvalue weighted by molar-refractivity contribution is -0.119. The first-order chi connectivity index (χ1) is 11.5. The van der Waals surface area contributed by atoms with E-state index < -0.39 is 0 Å². The van der Waals surface area contributed by atoms with Crippen LogP contribution < -0.4 is 10.1 Å². The average Bonchev–Trinajstić information content (AvgIpc) is 2.55. The van der Waals surface area contributed by atoms with E-state index in [-0.39, 0.29) is 23.5 Å². The number of para-hydroxylation sites is 2. The van der Waals surface area contributed by atoms with E-state index in [1.54, 1.807) is 12.1 Å². The average molecular weight is 347 g/mol. The molecule has 1 aliphatic heterocycles. The molecule has 1 heterocycles. The number of aliphatic imine (C=N–C) groups is 2. The van der Waals surface area contributed by atoms with Crippen molar-refractivity contribution < 1.29 is 14.3 Å². The van der Waals surface area contributed by atoms with Crippen LogP contribution in [-0.4, -0.2) is 35.1 Å². The van der Waals surface area contributed by atoms with Gasteiger partial charge in [0.2, 0.25) is 5.91 Å². The number of hydrogen-bond donors (Lipinski definition) is 1. The number of ether oxygens (including phenoxy) is 1. The molecule has 1 aliphatic rings. The second-order valence-corrected chi connectivity index (χ2v) is 6.16. The highest BCUT2D eigenvalue weighted by Crippen LogP contribution is 2.24. The van der Waals surface area contributed by atoms with Crippen LogP contribution in [0.5, 0.6) is 5.75 Å². The fraction of sp³-hybridized carbons (Fsp3) is 0.412. The van der Waals surface area contributed by atoms with Crippen LogP contribution in [0, 0.1) is 5.92 Å². The summed E-state index contributed by atoms with van der Waals surface area (Å²) in [5.74, 6) is 0.131. The van der Waals surface area contributed by atoms with Crippen molar-refractivity contribution in [2.75, 3.05) is 17.7 Å². The molecule has 0 bridgehead atoms. The van der Waals surface area contributed by atoms with Gasteiger partial charge in [-0.1, -0.05) is 30.8 Å². The standard InChI is InChI=1S/C17H21N3O3S/c1-4-12-11(3)18-17(20-16(12)22)24-10-15(21)19-13-8-6-7-9-14(13)23-5-2/h6-9,12H,4-5,10H2,1-3H3,(H,19,21). The number of rotatable bonds is 6. The van der Waals surface area contributed by atoms with Gasteiger partial charge < -0.3 is 10.1 Å². The van der Waals surface area contributed by atoms with E-state index in [4.69, 9.17) is 4.74 Å². The molecule has 2 rings (SSSR count). The Bertz CT molecular complexity index is 685. The lowest BCUT2D eigenvalue weighted by Gasteiger charge is -2.16. The molecule has 2 amide bonds. The third-order valence-corrected chi connectivity index (χ3v) is 4.33. The van der Waals surface area contributed by atoms with E-state index in [9.17, 15) is 9.59 Å². The summed E-state index contributed by atoms with van der Waals surface area (Å²) in [6.45, 7) is 6.15. The molecular weight excluding hydrogens is 326 g/mol. The summed E-state index contributed by atoms with van der Waals surface area (Å²) < 4.78 is 5.47. The van der Waals surface area contributed by atoms with Crippen molar-refractivity contribution in [1.82, 2.24) is 0 Å². The summed E-state index contributed by atoms with van der Waals surface area (Å²) in [6.07, 6.45) is 0.685. The van der Waals surface area contributed by atoms with Crippen LogP contribution in [-0.2, 0) is 9.59 Å². The summed E-state index contributed by atoms with van der Waals surface area (Å²) >= 11 is 1.15. The Kier molecular flexibility index (Phi) is 6.54. The summed E-state index contributed by atoms with van der Waals surface area (Å²) in [6, 6.07) is 7.26. The topological polar surface area (TPSA) is 80.1 Å². The monoisotopic (exact) mass is 347 g/mol. The predicted molar refractivity (Wildman–Crippen MR) is 98.0 cm³/mol. The predicted octanol–water partition coefficient (Wildman–Crippen LogP) is 3.14. The maximum Gasteiger partial charge on any atom is 0.256 e. The third kappa shape index (κ3) is 4.67. The van der Waals surface area contributed by atoms with Gasteiger partial charge in [0.1, 0.15) is 5.75 Å². The summed E-state index contributed by atoms with van der Waals surface area (Å²) in [5, 5.41) is 3.15. The highest BCUT2D eigenvalue weighted by Gasteiger charge is 2.24. The van der Waals surface area contributed by atoms with Crippen LogP contribution in [0.2, 0.25) is 0 Å². The molecule has 0 saturated heterocycles. The van der Waals surface area contributed by atoms with Crippen LogP contribution in [0.15, 0.2) is 34.3 Å². The summed E-state index contributed by atoms with van der Waals surface area (Å²) in [4.78, 5) is 32.3. The summed E-state index contributed by atoms with van der Waals surface area (Å²) in [7, 11) is 0. The Morgan fingerprint density at radius 3 is 2.71 bits per heavy atom. The van der Waals surface area contributed by atoms with Crippen molar-refractivity contribution in [2.45, 2.75) is 27.2 Å². The quantitative estimate of drug-likeness (QED) is 0.857. The molecule has 0 fully saturated rings. The van der Waals surface area contributed by atoms with Crippen molar-refractivity contribution in [3.63, 3.8) is 0 Å². The first-order valence-corrected chi connectivity index (χ1v) is 8.85. The van der Waals surface area contributed by atoms with Gasteiger partial charge >= 0.3 is 0 Å². The van der Waals surface area contributed by atoms with E-state index in [1.165, 1.54) is 0 Å². The SMILES string of the molecule is CCOc1ccccc1NC(=O)CSC1=NC(=O)C(CC)C(C)=N1. The Balaban J connectivity index is 1.94. The fourth-order valence-electron chi connectivity index (χ4n) is 2.31. The molecule has 0 spiro atoms. The number of amidine groups is 1. The maximum atomic E-state index is 12.1. The second-order valence-electron chi connectivity index (χ2n) is 5.21. The van der Waals surface area contributed by atoms with E-state index in [2.05, 4.69) is 15.3 Å². The van der Waals surface area contributed by atoms with Gasteiger partial charge in [-0.15, -0.1) is 0 Å². The molecule has 7 heteroatoms. The van der Waals surface area contributed by atoms with Gasteiger partial charge in [0, 0.05) is 5.71 Å². The number of nitrogens with zero attached hydrogens (tertiary/aromatic N) is 2. The number of carbonyl (C=O) groups is 2. The van der Waals surface area contributed by atoms with Crippen LogP contribution in [0.1, 0.15) is 27.2 Å². The van der Waals surface area contributed by atoms with Gasteiger partial charge in [-0.3, -0.25) is 9.59 Å². The van der Waals surface area contributed by atoms with Gasteiger partial charge in [-0.2, -0.15) is 4.99 Å². The molecule has 0 aromatic heterocycles. The van der Waals surface area contributed by atoms with Crippen molar-refractivity contribution in [3.05, 3.63) is 24.3 Å². The largest absolute Gasteiger partial charge is 0.492 e. The minimum absolute atomic E-state index is 0.125. The Morgan fingerprint density at radius 2 is 2.04 bits per heavy atom. The van der Waals surface area contributed by atoms with E-state index in [1.807, 2.05) is 32.9 Å². The number of benzene rings is 1. The fourth-order valence-corrected chi connectivity index (χ4v) is 3.00. The Hall–Kier alpha value is -2.15. The van der Waals surface area contributed by atoms with E-state index in [0.29, 0.717) is 29.6 Å². The number of thioether (sulfide) groups is 1. The Morgan fingerprint density at radius 1 is 1.29 bits per heavy atom. The first kappa shape index (κ1) is 18.2. The van der Waals surface area contributed by atoms with Crippen molar-refractivity contribution in [3.8, 4) is 5.75 Å². The zero-order valence-corrected chi connectivity index (χ0v) is 14.9. The minimum Gasteiger partial charge on any atom is -0.492 e. The third-order valence-electron chi connectivity index (χ3n) is 3.48. The van der Waals surface area contributed by atoms with E-state index in [0.717, 1.165) is 17.5 Å². The van der Waals surface area contributed by atoms with Gasteiger partial charge in [0.25, 0.3) is 5.91 Å². The molecular formula is C17H21N3O3S. The van der Waals surface area contributed by atoms with Crippen LogP contribution in [0.4, 0.5) is 5.69 Å². The smallest absolute Gasteiger partial charge is 0.256 e. The molecule has 1 aromatic carbocycles. The molecule has 1 N–H and O–H groups in total. The molecule has 0 aliphatic carbocycles. The number of amides is 2. The van der Waals surface area contributed by atoms with Gasteiger partial charge in [-0.05, 0) is 32.4 Å². The van der Waals surface area contributed by atoms with Crippen molar-refractivity contribution >= 4 is 40.1 Å². The number of hydrogen-bond acceptors (Lipinski definition) is 5. The number of nitrogens with one attached hydrogen (secondary N) is 1.